The molecule has 1 heterocycles. The molecule has 0 atom stereocenters. The van der Waals surface area contributed by atoms with Gasteiger partial charge in [0, 0.05) is 18.6 Å². The van der Waals surface area contributed by atoms with E-state index < -0.39 is 0 Å². The van der Waals surface area contributed by atoms with E-state index in [2.05, 4.69) is 4.98 Å². The van der Waals surface area contributed by atoms with Crippen LogP contribution in [-0.2, 0) is 0 Å². The maximum absolute atomic E-state index is 4.15. The Labute approximate surface area is 80.6 Å². The van der Waals surface area contributed by atoms with E-state index in [1.807, 2.05) is 62.9 Å². The van der Waals surface area contributed by atoms with Crippen LogP contribution in [0.2, 0.25) is 0 Å². The molecule has 72 valence electrons. The fourth-order valence-electron chi connectivity index (χ4n) is 0.889. The number of aromatic nitrogens is 2. The Morgan fingerprint density at radius 3 is 2.46 bits per heavy atom. The summed E-state index contributed by atoms with van der Waals surface area (Å²) in [6.45, 7) is 7.97. The first kappa shape index (κ1) is 11.7. The fraction of sp³-hybridized carbons (Fsp3) is 0.364. The van der Waals surface area contributed by atoms with Crippen molar-refractivity contribution in [2.45, 2.75) is 27.7 Å². The SMILES string of the molecule is C/C=C\c1nccn1/C=C\C.CC. The summed E-state index contributed by atoms with van der Waals surface area (Å²) in [6, 6.07) is 0. The third kappa shape index (κ3) is 3.74. The van der Waals surface area contributed by atoms with Gasteiger partial charge in [0.25, 0.3) is 0 Å². The second-order valence-electron chi connectivity index (χ2n) is 2.18. The van der Waals surface area contributed by atoms with Crippen LogP contribution in [0.1, 0.15) is 33.5 Å². The van der Waals surface area contributed by atoms with Crippen LogP contribution in [0, 0.1) is 0 Å². The Morgan fingerprint density at radius 1 is 1.23 bits per heavy atom. The summed E-state index contributed by atoms with van der Waals surface area (Å²) in [4.78, 5) is 4.15. The van der Waals surface area contributed by atoms with E-state index in [1.54, 1.807) is 6.20 Å². The van der Waals surface area contributed by atoms with Crippen molar-refractivity contribution in [3.05, 3.63) is 30.4 Å². The van der Waals surface area contributed by atoms with Crippen LogP contribution >= 0.6 is 0 Å². The van der Waals surface area contributed by atoms with Crippen molar-refractivity contribution >= 4 is 12.3 Å². The lowest BCUT2D eigenvalue weighted by atomic mass is 10.5. The number of rotatable bonds is 2. The number of allylic oxidation sites excluding steroid dienone is 2. The average Bonchev–Trinajstić information content (AvgIpc) is 2.58. The van der Waals surface area contributed by atoms with E-state index >= 15 is 0 Å². The summed E-state index contributed by atoms with van der Waals surface area (Å²) in [5, 5.41) is 0. The van der Waals surface area contributed by atoms with Gasteiger partial charge in [-0.1, -0.05) is 26.0 Å². The van der Waals surface area contributed by atoms with Crippen LogP contribution in [0.4, 0.5) is 0 Å². The Kier molecular flexibility index (Phi) is 6.60. The Hall–Kier alpha value is -1.31. The Balaban J connectivity index is 0.000000671. The van der Waals surface area contributed by atoms with Crippen LogP contribution in [0.5, 0.6) is 0 Å². The molecule has 13 heavy (non-hydrogen) atoms. The minimum Gasteiger partial charge on any atom is -0.307 e. The summed E-state index contributed by atoms with van der Waals surface area (Å²) in [6.07, 6.45) is 11.6. The van der Waals surface area contributed by atoms with Crippen LogP contribution in [-0.4, -0.2) is 9.55 Å². The average molecular weight is 178 g/mol. The van der Waals surface area contributed by atoms with E-state index in [1.165, 1.54) is 0 Å². The van der Waals surface area contributed by atoms with Gasteiger partial charge >= 0.3 is 0 Å². The number of hydrogen-bond acceptors (Lipinski definition) is 1. The Bertz CT molecular complexity index is 243. The van der Waals surface area contributed by atoms with E-state index in [-0.39, 0.29) is 0 Å². The summed E-state index contributed by atoms with van der Waals surface area (Å²) in [7, 11) is 0. The van der Waals surface area contributed by atoms with E-state index in [0.29, 0.717) is 0 Å². The molecule has 0 aliphatic carbocycles. The molecule has 1 aromatic heterocycles. The van der Waals surface area contributed by atoms with Gasteiger partial charge in [0.2, 0.25) is 0 Å². The van der Waals surface area contributed by atoms with E-state index in [9.17, 15) is 0 Å². The van der Waals surface area contributed by atoms with Gasteiger partial charge in [-0.25, -0.2) is 4.98 Å². The molecule has 2 nitrogen and oxygen atoms in total. The zero-order valence-corrected chi connectivity index (χ0v) is 8.86. The molecule has 2 heteroatoms. The molecule has 0 bridgehead atoms. The van der Waals surface area contributed by atoms with Crippen molar-refractivity contribution in [2.24, 2.45) is 0 Å². The van der Waals surface area contributed by atoms with Gasteiger partial charge in [-0.05, 0) is 19.9 Å². The van der Waals surface area contributed by atoms with Crippen molar-refractivity contribution in [1.82, 2.24) is 9.55 Å². The first-order valence-corrected chi connectivity index (χ1v) is 4.67. The zero-order valence-electron chi connectivity index (χ0n) is 8.86. The zero-order chi connectivity index (χ0) is 10.1. The molecule has 0 radical (unpaired) electrons. The highest BCUT2D eigenvalue weighted by molar-refractivity contribution is 5.44. The minimum absolute atomic E-state index is 0.964. The standard InChI is InChI=1S/C9H12N2.C2H6/c1-3-5-9-10-6-8-11(9)7-4-2;1-2/h3-8H,1-2H3;1-2H3/b5-3-,7-4-;. The Morgan fingerprint density at radius 2 is 1.92 bits per heavy atom. The highest BCUT2D eigenvalue weighted by Crippen LogP contribution is 2.00. The van der Waals surface area contributed by atoms with Gasteiger partial charge in [-0.2, -0.15) is 0 Å². The van der Waals surface area contributed by atoms with Crippen molar-refractivity contribution in [1.29, 1.82) is 0 Å². The van der Waals surface area contributed by atoms with Crippen molar-refractivity contribution in [3.8, 4) is 0 Å². The van der Waals surface area contributed by atoms with E-state index in [4.69, 9.17) is 0 Å². The highest BCUT2D eigenvalue weighted by Gasteiger charge is 1.91. The number of imidazole rings is 1. The quantitative estimate of drug-likeness (QED) is 0.678. The summed E-state index contributed by atoms with van der Waals surface area (Å²) in [5.74, 6) is 0.964. The van der Waals surface area contributed by atoms with Gasteiger partial charge in [-0.3, -0.25) is 0 Å². The first-order chi connectivity index (χ1) is 6.38. The lowest BCUT2D eigenvalue weighted by molar-refractivity contribution is 1.10. The van der Waals surface area contributed by atoms with Gasteiger partial charge in [0.15, 0.2) is 0 Å². The lowest BCUT2D eigenvalue weighted by Crippen LogP contribution is -1.86. The molecule has 0 unspecified atom stereocenters. The van der Waals surface area contributed by atoms with Gasteiger partial charge < -0.3 is 4.57 Å². The third-order valence-corrected chi connectivity index (χ3v) is 1.32. The summed E-state index contributed by atoms with van der Waals surface area (Å²) < 4.78 is 1.97. The topological polar surface area (TPSA) is 17.8 Å². The molecular formula is C11H18N2. The van der Waals surface area contributed by atoms with Gasteiger partial charge in [0.05, 0.1) is 0 Å². The lowest BCUT2D eigenvalue weighted by Gasteiger charge is -1.93. The molecule has 0 spiro atoms. The second kappa shape index (κ2) is 7.35. The number of hydrogen-bond donors (Lipinski definition) is 0. The fourth-order valence-corrected chi connectivity index (χ4v) is 0.889. The van der Waals surface area contributed by atoms with Crippen LogP contribution in [0.15, 0.2) is 24.5 Å². The molecule has 0 aliphatic heterocycles. The van der Waals surface area contributed by atoms with Crippen LogP contribution in [0.25, 0.3) is 12.3 Å². The molecule has 0 aromatic carbocycles. The molecular weight excluding hydrogens is 160 g/mol. The van der Waals surface area contributed by atoms with Crippen LogP contribution in [0.3, 0.4) is 0 Å². The predicted molar refractivity (Wildman–Crippen MR) is 59.3 cm³/mol. The van der Waals surface area contributed by atoms with Gasteiger partial charge in [-0.15, -0.1) is 0 Å². The minimum atomic E-state index is 0.964. The number of nitrogens with zero attached hydrogens (tertiary/aromatic N) is 2. The van der Waals surface area contributed by atoms with Crippen molar-refractivity contribution in [2.75, 3.05) is 0 Å². The molecule has 1 rings (SSSR count). The highest BCUT2D eigenvalue weighted by atomic mass is 15.0. The molecule has 0 fully saturated rings. The third-order valence-electron chi connectivity index (χ3n) is 1.32. The van der Waals surface area contributed by atoms with Crippen LogP contribution < -0.4 is 0 Å². The smallest absolute Gasteiger partial charge is 0.136 e. The van der Waals surface area contributed by atoms with Gasteiger partial charge in [0.1, 0.15) is 5.82 Å². The molecule has 0 amide bonds. The molecule has 0 N–H and O–H groups in total. The summed E-state index contributed by atoms with van der Waals surface area (Å²) >= 11 is 0. The normalized spacial score (nSPS) is 10.5. The molecule has 0 saturated heterocycles. The molecule has 0 saturated carbocycles. The maximum atomic E-state index is 4.15. The maximum Gasteiger partial charge on any atom is 0.136 e. The largest absolute Gasteiger partial charge is 0.307 e. The second-order valence-corrected chi connectivity index (χ2v) is 2.18. The van der Waals surface area contributed by atoms with E-state index in [0.717, 1.165) is 5.82 Å². The van der Waals surface area contributed by atoms with Crippen molar-refractivity contribution < 1.29 is 0 Å². The first-order valence-electron chi connectivity index (χ1n) is 4.67. The predicted octanol–water partition coefficient (Wildman–Crippen LogP) is 3.43. The monoisotopic (exact) mass is 178 g/mol. The van der Waals surface area contributed by atoms with Crippen molar-refractivity contribution in [3.63, 3.8) is 0 Å². The summed E-state index contributed by atoms with van der Waals surface area (Å²) in [5.41, 5.74) is 0. The molecule has 0 aliphatic rings. The molecule has 1 aromatic rings.